The van der Waals surface area contributed by atoms with Crippen molar-refractivity contribution in [2.24, 2.45) is 17.8 Å². The van der Waals surface area contributed by atoms with E-state index in [0.717, 1.165) is 17.8 Å². The zero-order valence-electron chi connectivity index (χ0n) is 12.4. The van der Waals surface area contributed by atoms with Gasteiger partial charge in [-0.05, 0) is 17.8 Å². The van der Waals surface area contributed by atoms with Gasteiger partial charge in [0.05, 0.1) is 0 Å². The van der Waals surface area contributed by atoms with E-state index in [1.807, 2.05) is 0 Å². The summed E-state index contributed by atoms with van der Waals surface area (Å²) in [5.74, 6) is 2.87. The van der Waals surface area contributed by atoms with Crippen molar-refractivity contribution in [2.75, 3.05) is 0 Å². The Morgan fingerprint density at radius 1 is 0.625 bits per heavy atom. The molecule has 0 amide bonds. The van der Waals surface area contributed by atoms with E-state index in [0.29, 0.717) is 0 Å². The third-order valence-electron chi connectivity index (χ3n) is 4.35. The lowest BCUT2D eigenvalue weighted by molar-refractivity contribution is 0.352. The summed E-state index contributed by atoms with van der Waals surface area (Å²) < 4.78 is 0. The highest BCUT2D eigenvalue weighted by atomic mass is 14.1. The maximum Gasteiger partial charge on any atom is -0.0417 e. The zero-order chi connectivity index (χ0) is 12.4. The van der Waals surface area contributed by atoms with Crippen molar-refractivity contribution >= 4 is 0 Å². The van der Waals surface area contributed by atoms with E-state index in [1.165, 1.54) is 51.4 Å². The molecule has 3 unspecified atom stereocenters. The molecule has 0 aromatic rings. The van der Waals surface area contributed by atoms with Crippen LogP contribution in [0.25, 0.3) is 0 Å². The summed E-state index contributed by atoms with van der Waals surface area (Å²) >= 11 is 0. The van der Waals surface area contributed by atoms with Crippen LogP contribution in [0.1, 0.15) is 86.0 Å². The van der Waals surface area contributed by atoms with Crippen LogP contribution >= 0.6 is 0 Å². The first-order chi connectivity index (χ1) is 7.63. The molecule has 0 N–H and O–H groups in total. The van der Waals surface area contributed by atoms with Gasteiger partial charge in [-0.15, -0.1) is 0 Å². The Labute approximate surface area is 104 Å². The number of rotatable bonds is 10. The molecule has 0 heterocycles. The summed E-state index contributed by atoms with van der Waals surface area (Å²) in [7, 11) is 0. The summed E-state index contributed by atoms with van der Waals surface area (Å²) in [6, 6.07) is 0. The van der Waals surface area contributed by atoms with Gasteiger partial charge in [0.1, 0.15) is 0 Å². The molecule has 0 saturated carbocycles. The first-order valence-corrected chi connectivity index (χ1v) is 7.63. The summed E-state index contributed by atoms with van der Waals surface area (Å²) in [6.45, 7) is 11.8. The molecule has 0 aromatic carbocycles. The quantitative estimate of drug-likeness (QED) is 0.425. The Hall–Kier alpha value is 0. The van der Waals surface area contributed by atoms with Crippen molar-refractivity contribution in [1.82, 2.24) is 0 Å². The van der Waals surface area contributed by atoms with Gasteiger partial charge in [-0.2, -0.15) is 0 Å². The van der Waals surface area contributed by atoms with Gasteiger partial charge in [-0.3, -0.25) is 0 Å². The minimum absolute atomic E-state index is 0.934. The van der Waals surface area contributed by atoms with Crippen LogP contribution in [0.2, 0.25) is 0 Å². The standard InChI is InChI=1S/C16H34/c1-6-14(4)10-9-11-16(8-3)13-12-15(5)7-2/h14-16H,6-13H2,1-5H3. The highest BCUT2D eigenvalue weighted by Crippen LogP contribution is 2.23. The fourth-order valence-corrected chi connectivity index (χ4v) is 2.24. The Morgan fingerprint density at radius 3 is 1.69 bits per heavy atom. The van der Waals surface area contributed by atoms with Crippen molar-refractivity contribution in [3.63, 3.8) is 0 Å². The van der Waals surface area contributed by atoms with Crippen molar-refractivity contribution in [2.45, 2.75) is 86.0 Å². The molecule has 98 valence electrons. The van der Waals surface area contributed by atoms with Gasteiger partial charge in [0.15, 0.2) is 0 Å². The fourth-order valence-electron chi connectivity index (χ4n) is 2.24. The highest BCUT2D eigenvalue weighted by Gasteiger charge is 2.09. The molecule has 0 heteroatoms. The van der Waals surface area contributed by atoms with Gasteiger partial charge >= 0.3 is 0 Å². The van der Waals surface area contributed by atoms with Crippen LogP contribution in [0.5, 0.6) is 0 Å². The smallest absolute Gasteiger partial charge is 0.0417 e. The van der Waals surface area contributed by atoms with E-state index >= 15 is 0 Å². The summed E-state index contributed by atoms with van der Waals surface area (Å²) in [5, 5.41) is 0. The van der Waals surface area contributed by atoms with Crippen molar-refractivity contribution in [3.05, 3.63) is 0 Å². The molecular weight excluding hydrogens is 192 g/mol. The molecule has 0 nitrogen and oxygen atoms in total. The Balaban J connectivity index is 3.58. The Morgan fingerprint density at radius 2 is 1.19 bits per heavy atom. The van der Waals surface area contributed by atoms with Gasteiger partial charge in [0.2, 0.25) is 0 Å². The lowest BCUT2D eigenvalue weighted by Gasteiger charge is -2.18. The van der Waals surface area contributed by atoms with Crippen LogP contribution in [0.3, 0.4) is 0 Å². The molecule has 3 atom stereocenters. The first kappa shape index (κ1) is 16.0. The topological polar surface area (TPSA) is 0 Å². The molecule has 16 heavy (non-hydrogen) atoms. The maximum absolute atomic E-state index is 2.39. The minimum atomic E-state index is 0.934. The van der Waals surface area contributed by atoms with Gasteiger partial charge < -0.3 is 0 Å². The van der Waals surface area contributed by atoms with Crippen molar-refractivity contribution in [1.29, 1.82) is 0 Å². The highest BCUT2D eigenvalue weighted by molar-refractivity contribution is 4.62. The van der Waals surface area contributed by atoms with Crippen molar-refractivity contribution < 1.29 is 0 Å². The maximum atomic E-state index is 2.39. The molecule has 0 fully saturated rings. The molecule has 0 aliphatic rings. The van der Waals surface area contributed by atoms with Crippen LogP contribution in [-0.2, 0) is 0 Å². The second-order valence-electron chi connectivity index (χ2n) is 5.81. The average Bonchev–Trinajstić information content (AvgIpc) is 2.32. The van der Waals surface area contributed by atoms with Gasteiger partial charge in [-0.25, -0.2) is 0 Å². The van der Waals surface area contributed by atoms with E-state index in [9.17, 15) is 0 Å². The van der Waals surface area contributed by atoms with E-state index < -0.39 is 0 Å². The van der Waals surface area contributed by atoms with Crippen LogP contribution < -0.4 is 0 Å². The molecule has 0 aliphatic carbocycles. The molecular formula is C16H34. The second kappa shape index (κ2) is 10.2. The Kier molecular flexibility index (Phi) is 10.2. The SMILES string of the molecule is CCC(C)CCCC(CC)CCC(C)CC. The number of hydrogen-bond donors (Lipinski definition) is 0. The molecule has 0 aromatic heterocycles. The summed E-state index contributed by atoms with van der Waals surface area (Å²) in [4.78, 5) is 0. The summed E-state index contributed by atoms with van der Waals surface area (Å²) in [6.07, 6.45) is 11.4. The van der Waals surface area contributed by atoms with Crippen molar-refractivity contribution in [3.8, 4) is 0 Å². The van der Waals surface area contributed by atoms with Crippen LogP contribution in [0, 0.1) is 17.8 Å². The van der Waals surface area contributed by atoms with Crippen LogP contribution in [0.15, 0.2) is 0 Å². The predicted molar refractivity (Wildman–Crippen MR) is 75.8 cm³/mol. The molecule has 0 radical (unpaired) electrons. The van der Waals surface area contributed by atoms with Gasteiger partial charge in [0.25, 0.3) is 0 Å². The number of hydrogen-bond acceptors (Lipinski definition) is 0. The van der Waals surface area contributed by atoms with E-state index in [1.54, 1.807) is 0 Å². The van der Waals surface area contributed by atoms with E-state index in [4.69, 9.17) is 0 Å². The zero-order valence-corrected chi connectivity index (χ0v) is 12.4. The van der Waals surface area contributed by atoms with Crippen LogP contribution in [-0.4, -0.2) is 0 Å². The molecule has 0 spiro atoms. The van der Waals surface area contributed by atoms with Crippen LogP contribution in [0.4, 0.5) is 0 Å². The first-order valence-electron chi connectivity index (χ1n) is 7.63. The molecule has 0 bridgehead atoms. The second-order valence-corrected chi connectivity index (χ2v) is 5.81. The summed E-state index contributed by atoms with van der Waals surface area (Å²) in [5.41, 5.74) is 0. The lowest BCUT2D eigenvalue weighted by atomic mass is 9.88. The third kappa shape index (κ3) is 8.19. The van der Waals surface area contributed by atoms with Gasteiger partial charge in [-0.1, -0.05) is 86.0 Å². The monoisotopic (exact) mass is 226 g/mol. The van der Waals surface area contributed by atoms with Gasteiger partial charge in [0, 0.05) is 0 Å². The fraction of sp³-hybridized carbons (Fsp3) is 1.00. The normalized spacial score (nSPS) is 17.1. The molecule has 0 aliphatic heterocycles. The Bertz CT molecular complexity index is 139. The lowest BCUT2D eigenvalue weighted by Crippen LogP contribution is -2.03. The third-order valence-corrected chi connectivity index (χ3v) is 4.35. The largest absolute Gasteiger partial charge is 0.0651 e. The average molecular weight is 226 g/mol. The van der Waals surface area contributed by atoms with E-state index in [-0.39, 0.29) is 0 Å². The van der Waals surface area contributed by atoms with E-state index in [2.05, 4.69) is 34.6 Å². The minimum Gasteiger partial charge on any atom is -0.0651 e. The molecule has 0 rings (SSSR count). The predicted octanol–water partition coefficient (Wildman–Crippen LogP) is 6.06. The molecule has 0 saturated heterocycles.